The van der Waals surface area contributed by atoms with Gasteiger partial charge in [-0.25, -0.2) is 4.79 Å². The molecule has 0 spiro atoms. The van der Waals surface area contributed by atoms with Crippen LogP contribution in [-0.4, -0.2) is 16.1 Å². The van der Waals surface area contributed by atoms with Crippen LogP contribution in [0.4, 0.5) is 0 Å². The fourth-order valence-electron chi connectivity index (χ4n) is 3.85. The summed E-state index contributed by atoms with van der Waals surface area (Å²) in [7, 11) is 0. The average molecular weight is 329 g/mol. The lowest BCUT2D eigenvalue weighted by Gasteiger charge is -2.15. The van der Waals surface area contributed by atoms with E-state index in [-0.39, 0.29) is 0 Å². The zero-order valence-corrected chi connectivity index (χ0v) is 13.9. The first kappa shape index (κ1) is 14.6. The second-order valence-electron chi connectivity index (χ2n) is 7.25. The summed E-state index contributed by atoms with van der Waals surface area (Å²) in [6, 6.07) is 13.7. The molecule has 2 aliphatic rings. The summed E-state index contributed by atoms with van der Waals surface area (Å²) in [5.41, 5.74) is 5.41. The predicted octanol–water partition coefficient (Wildman–Crippen LogP) is 5.35. The zero-order valence-electron chi connectivity index (χ0n) is 13.9. The van der Waals surface area contributed by atoms with E-state index in [4.69, 9.17) is 4.98 Å². The first-order chi connectivity index (χ1) is 12.2. The SMILES string of the molecule is O=C(O)c1ccc2cccc(-c3ccnc(C4CC4)c3C3CC3)c2c1. The van der Waals surface area contributed by atoms with Crippen LogP contribution in [0.2, 0.25) is 0 Å². The van der Waals surface area contributed by atoms with Gasteiger partial charge in [0.05, 0.1) is 5.56 Å². The van der Waals surface area contributed by atoms with Crippen molar-refractivity contribution in [3.8, 4) is 11.1 Å². The van der Waals surface area contributed by atoms with Crippen LogP contribution in [0.3, 0.4) is 0 Å². The van der Waals surface area contributed by atoms with Gasteiger partial charge in [-0.1, -0.05) is 24.3 Å². The maximum absolute atomic E-state index is 11.4. The Kier molecular flexibility index (Phi) is 3.17. The van der Waals surface area contributed by atoms with Crippen molar-refractivity contribution in [2.24, 2.45) is 0 Å². The molecule has 2 aromatic carbocycles. The van der Waals surface area contributed by atoms with Crippen molar-refractivity contribution in [3.63, 3.8) is 0 Å². The highest BCUT2D eigenvalue weighted by molar-refractivity contribution is 6.01. The van der Waals surface area contributed by atoms with Crippen LogP contribution < -0.4 is 0 Å². The van der Waals surface area contributed by atoms with Crippen molar-refractivity contribution in [3.05, 3.63) is 65.5 Å². The second kappa shape index (κ2) is 5.41. The third kappa shape index (κ3) is 2.51. The van der Waals surface area contributed by atoms with Gasteiger partial charge in [0.15, 0.2) is 0 Å². The lowest BCUT2D eigenvalue weighted by Crippen LogP contribution is -1.99. The van der Waals surface area contributed by atoms with E-state index >= 15 is 0 Å². The molecule has 0 bridgehead atoms. The first-order valence-corrected chi connectivity index (χ1v) is 8.97. The number of carboxylic acid groups (broad SMARTS) is 1. The Morgan fingerprint density at radius 1 is 0.960 bits per heavy atom. The van der Waals surface area contributed by atoms with Crippen molar-refractivity contribution in [1.29, 1.82) is 0 Å². The molecule has 0 unspecified atom stereocenters. The number of hydrogen-bond acceptors (Lipinski definition) is 2. The van der Waals surface area contributed by atoms with Crippen LogP contribution in [0.5, 0.6) is 0 Å². The minimum atomic E-state index is -0.882. The Balaban J connectivity index is 1.77. The number of aromatic nitrogens is 1. The molecule has 25 heavy (non-hydrogen) atoms. The van der Waals surface area contributed by atoms with Crippen LogP contribution in [0, 0.1) is 0 Å². The normalized spacial score (nSPS) is 17.0. The molecule has 0 aliphatic heterocycles. The number of fused-ring (bicyclic) bond motifs is 1. The molecule has 0 radical (unpaired) electrons. The highest BCUT2D eigenvalue weighted by Gasteiger charge is 2.35. The molecule has 2 saturated carbocycles. The predicted molar refractivity (Wildman–Crippen MR) is 98.1 cm³/mol. The van der Waals surface area contributed by atoms with E-state index in [2.05, 4.69) is 18.2 Å². The fourth-order valence-corrected chi connectivity index (χ4v) is 3.85. The van der Waals surface area contributed by atoms with Crippen LogP contribution in [0.1, 0.15) is 59.1 Å². The third-order valence-corrected chi connectivity index (χ3v) is 5.39. The van der Waals surface area contributed by atoms with E-state index in [1.807, 2.05) is 18.3 Å². The van der Waals surface area contributed by atoms with Crippen LogP contribution in [0.15, 0.2) is 48.7 Å². The standard InChI is InChI=1S/C22H19NO2/c24-22(25)16-9-4-13-2-1-3-17(19(13)12-16)18-10-11-23-21(15-7-8-15)20(18)14-5-6-14/h1-4,9-12,14-15H,5-8H2,(H,24,25). The quantitative estimate of drug-likeness (QED) is 0.701. The summed E-state index contributed by atoms with van der Waals surface area (Å²) in [4.78, 5) is 16.1. The lowest BCUT2D eigenvalue weighted by molar-refractivity contribution is 0.0697. The molecular formula is C22H19NO2. The molecule has 5 rings (SSSR count). The minimum Gasteiger partial charge on any atom is -0.478 e. The largest absolute Gasteiger partial charge is 0.478 e. The summed E-state index contributed by atoms with van der Waals surface area (Å²) in [5, 5.41) is 11.5. The average Bonchev–Trinajstić information content (AvgIpc) is 3.53. The minimum absolute atomic E-state index is 0.337. The van der Waals surface area contributed by atoms with Gasteiger partial charge in [-0.2, -0.15) is 0 Å². The Hall–Kier alpha value is -2.68. The van der Waals surface area contributed by atoms with Gasteiger partial charge in [0.1, 0.15) is 0 Å². The van der Waals surface area contributed by atoms with Crippen molar-refractivity contribution in [2.75, 3.05) is 0 Å². The molecule has 3 heteroatoms. The molecule has 3 nitrogen and oxygen atoms in total. The van der Waals surface area contributed by atoms with Gasteiger partial charge >= 0.3 is 5.97 Å². The van der Waals surface area contributed by atoms with Gasteiger partial charge in [-0.15, -0.1) is 0 Å². The molecular weight excluding hydrogens is 310 g/mol. The van der Waals surface area contributed by atoms with E-state index in [9.17, 15) is 9.90 Å². The molecule has 1 N–H and O–H groups in total. The van der Waals surface area contributed by atoms with E-state index in [0.29, 0.717) is 17.4 Å². The monoisotopic (exact) mass is 329 g/mol. The van der Waals surface area contributed by atoms with Crippen LogP contribution in [-0.2, 0) is 0 Å². The number of hydrogen-bond donors (Lipinski definition) is 1. The van der Waals surface area contributed by atoms with Crippen LogP contribution in [0.25, 0.3) is 21.9 Å². The first-order valence-electron chi connectivity index (χ1n) is 8.97. The van der Waals surface area contributed by atoms with Gasteiger partial charge < -0.3 is 5.11 Å². The summed E-state index contributed by atoms with van der Waals surface area (Å²) in [5.74, 6) is 0.366. The Morgan fingerprint density at radius 2 is 1.76 bits per heavy atom. The molecule has 1 heterocycles. The second-order valence-corrected chi connectivity index (χ2v) is 7.25. The van der Waals surface area contributed by atoms with E-state index in [1.165, 1.54) is 42.5 Å². The molecule has 1 aromatic heterocycles. The van der Waals surface area contributed by atoms with Gasteiger partial charge in [0, 0.05) is 17.8 Å². The number of pyridine rings is 1. The summed E-state index contributed by atoms with van der Waals surface area (Å²) in [6.07, 6.45) is 6.89. The number of nitrogens with zero attached hydrogens (tertiary/aromatic N) is 1. The molecule has 0 amide bonds. The Morgan fingerprint density at radius 3 is 2.48 bits per heavy atom. The van der Waals surface area contributed by atoms with Crippen molar-refractivity contribution in [1.82, 2.24) is 4.98 Å². The molecule has 0 saturated heterocycles. The number of benzene rings is 2. The molecule has 124 valence electrons. The van der Waals surface area contributed by atoms with E-state index in [0.717, 1.165) is 16.3 Å². The maximum atomic E-state index is 11.4. The molecule has 0 atom stereocenters. The maximum Gasteiger partial charge on any atom is 0.335 e. The Bertz CT molecular complexity index is 1000. The highest BCUT2D eigenvalue weighted by Crippen LogP contribution is 2.51. The van der Waals surface area contributed by atoms with E-state index in [1.54, 1.807) is 12.1 Å². The number of carbonyl (C=O) groups is 1. The van der Waals surface area contributed by atoms with Gasteiger partial charge in [-0.3, -0.25) is 4.98 Å². The van der Waals surface area contributed by atoms with Crippen molar-refractivity contribution >= 4 is 16.7 Å². The number of aromatic carboxylic acids is 1. The number of rotatable bonds is 4. The van der Waals surface area contributed by atoms with Gasteiger partial charge in [-0.05, 0) is 77.3 Å². The zero-order chi connectivity index (χ0) is 17.0. The third-order valence-electron chi connectivity index (χ3n) is 5.39. The summed E-state index contributed by atoms with van der Waals surface area (Å²) in [6.45, 7) is 0. The topological polar surface area (TPSA) is 50.2 Å². The summed E-state index contributed by atoms with van der Waals surface area (Å²) < 4.78 is 0. The number of carboxylic acids is 1. The lowest BCUT2D eigenvalue weighted by atomic mass is 9.90. The van der Waals surface area contributed by atoms with Crippen molar-refractivity contribution in [2.45, 2.75) is 37.5 Å². The van der Waals surface area contributed by atoms with E-state index < -0.39 is 5.97 Å². The smallest absolute Gasteiger partial charge is 0.335 e. The van der Waals surface area contributed by atoms with Gasteiger partial charge in [0.25, 0.3) is 0 Å². The van der Waals surface area contributed by atoms with Gasteiger partial charge in [0.2, 0.25) is 0 Å². The van der Waals surface area contributed by atoms with Crippen LogP contribution >= 0.6 is 0 Å². The molecule has 2 aliphatic carbocycles. The fraction of sp³-hybridized carbons (Fsp3) is 0.273. The molecule has 2 fully saturated rings. The Labute approximate surface area is 146 Å². The summed E-state index contributed by atoms with van der Waals surface area (Å²) >= 11 is 0. The van der Waals surface area contributed by atoms with Crippen molar-refractivity contribution < 1.29 is 9.90 Å². The molecule has 3 aromatic rings. The highest BCUT2D eigenvalue weighted by atomic mass is 16.4.